The van der Waals surface area contributed by atoms with E-state index in [-0.39, 0.29) is 12.0 Å². The molecular weight excluding hydrogens is 296 g/mol. The first-order chi connectivity index (χ1) is 11.2. The van der Waals surface area contributed by atoms with E-state index in [0.717, 1.165) is 24.4 Å². The fourth-order valence-electron chi connectivity index (χ4n) is 2.46. The number of ether oxygens (including phenoxy) is 1. The number of carbonyl (C=O) groups is 1. The van der Waals surface area contributed by atoms with Crippen LogP contribution in [0.5, 0.6) is 0 Å². The number of hydrogen-bond donors (Lipinski definition) is 1. The Morgan fingerprint density at radius 1 is 1.43 bits per heavy atom. The summed E-state index contributed by atoms with van der Waals surface area (Å²) in [5, 5.41) is 7.13. The van der Waals surface area contributed by atoms with Crippen molar-refractivity contribution in [3.05, 3.63) is 35.4 Å². The summed E-state index contributed by atoms with van der Waals surface area (Å²) < 4.78 is 5.72. The quantitative estimate of drug-likeness (QED) is 0.906. The summed E-state index contributed by atoms with van der Waals surface area (Å²) in [4.78, 5) is 26.9. The summed E-state index contributed by atoms with van der Waals surface area (Å²) in [6.45, 7) is 5.31. The van der Waals surface area contributed by atoms with Crippen molar-refractivity contribution in [3.8, 4) is 0 Å². The summed E-state index contributed by atoms with van der Waals surface area (Å²) in [7, 11) is 0. The van der Waals surface area contributed by atoms with Crippen molar-refractivity contribution in [2.45, 2.75) is 32.8 Å². The Labute approximate surface area is 134 Å². The number of aryl methyl sites for hydroxylation is 2. The normalized spacial score (nSPS) is 18.2. The van der Waals surface area contributed by atoms with Crippen LogP contribution in [0.3, 0.4) is 0 Å². The Morgan fingerprint density at radius 2 is 2.30 bits per heavy atom. The fraction of sp³-hybridized carbons (Fsp3) is 0.533. The summed E-state index contributed by atoms with van der Waals surface area (Å²) >= 11 is 0. The second-order valence-electron chi connectivity index (χ2n) is 5.54. The van der Waals surface area contributed by atoms with Crippen LogP contribution in [0.15, 0.2) is 12.4 Å². The maximum atomic E-state index is 12.5. The topological polar surface area (TPSA) is 96.9 Å². The van der Waals surface area contributed by atoms with E-state index < -0.39 is 0 Å². The zero-order valence-electron chi connectivity index (χ0n) is 13.3. The predicted octanol–water partition coefficient (Wildman–Crippen LogP) is 1.07. The van der Waals surface area contributed by atoms with Gasteiger partial charge in [0.05, 0.1) is 25.0 Å². The Kier molecular flexibility index (Phi) is 4.61. The number of morpholine rings is 1. The van der Waals surface area contributed by atoms with Crippen LogP contribution in [0, 0.1) is 6.92 Å². The van der Waals surface area contributed by atoms with Crippen molar-refractivity contribution in [1.29, 1.82) is 0 Å². The van der Waals surface area contributed by atoms with Crippen LogP contribution in [0.2, 0.25) is 0 Å². The van der Waals surface area contributed by atoms with Gasteiger partial charge in [-0.05, 0) is 13.3 Å². The van der Waals surface area contributed by atoms with Gasteiger partial charge in [0.1, 0.15) is 17.6 Å². The summed E-state index contributed by atoms with van der Waals surface area (Å²) in [6.07, 6.45) is 4.64. The van der Waals surface area contributed by atoms with Gasteiger partial charge in [-0.25, -0.2) is 9.97 Å². The minimum atomic E-state index is -0.312. The van der Waals surface area contributed by atoms with Crippen LogP contribution in [-0.4, -0.2) is 55.7 Å². The van der Waals surface area contributed by atoms with E-state index in [4.69, 9.17) is 4.74 Å². The number of H-pyrrole nitrogens is 1. The first-order valence-electron chi connectivity index (χ1n) is 7.78. The molecule has 1 fully saturated rings. The van der Waals surface area contributed by atoms with E-state index in [2.05, 4.69) is 32.1 Å². The van der Waals surface area contributed by atoms with Crippen LogP contribution in [-0.2, 0) is 11.2 Å². The highest BCUT2D eigenvalue weighted by atomic mass is 16.5. The van der Waals surface area contributed by atoms with E-state index in [0.29, 0.717) is 31.2 Å². The Morgan fingerprint density at radius 3 is 3.04 bits per heavy atom. The average Bonchev–Trinajstić information content (AvgIpc) is 3.04. The van der Waals surface area contributed by atoms with Crippen LogP contribution < -0.4 is 0 Å². The number of amides is 1. The first-order valence-corrected chi connectivity index (χ1v) is 7.78. The van der Waals surface area contributed by atoms with E-state index in [1.165, 1.54) is 6.20 Å². The third-order valence-electron chi connectivity index (χ3n) is 3.68. The van der Waals surface area contributed by atoms with Crippen molar-refractivity contribution in [2.24, 2.45) is 0 Å². The molecule has 0 aromatic carbocycles. The molecule has 1 N–H and O–H groups in total. The molecule has 8 heteroatoms. The lowest BCUT2D eigenvalue weighted by Crippen LogP contribution is -2.42. The van der Waals surface area contributed by atoms with Crippen LogP contribution in [0.25, 0.3) is 0 Å². The maximum absolute atomic E-state index is 12.5. The van der Waals surface area contributed by atoms with Gasteiger partial charge in [-0.15, -0.1) is 0 Å². The summed E-state index contributed by atoms with van der Waals surface area (Å²) in [5.41, 5.74) is 1.13. The van der Waals surface area contributed by atoms with E-state index in [1.807, 2.05) is 6.92 Å². The number of nitrogens with one attached hydrogen (secondary N) is 1. The number of aromatic amines is 1. The second-order valence-corrected chi connectivity index (χ2v) is 5.54. The molecule has 2 aromatic rings. The molecule has 1 saturated heterocycles. The van der Waals surface area contributed by atoms with E-state index in [1.54, 1.807) is 11.1 Å². The molecule has 1 aliphatic rings. The SMILES string of the molecule is CCCc1nc(C2CN(C(=O)c3cnc(C)cn3)CCO2)n[nH]1. The zero-order valence-corrected chi connectivity index (χ0v) is 13.3. The molecule has 1 aliphatic heterocycles. The smallest absolute Gasteiger partial charge is 0.274 e. The predicted molar refractivity (Wildman–Crippen MR) is 81.7 cm³/mol. The molecule has 3 heterocycles. The van der Waals surface area contributed by atoms with Gasteiger partial charge in [-0.2, -0.15) is 5.10 Å². The molecule has 8 nitrogen and oxygen atoms in total. The van der Waals surface area contributed by atoms with Gasteiger partial charge >= 0.3 is 0 Å². The van der Waals surface area contributed by atoms with Gasteiger partial charge in [0.2, 0.25) is 0 Å². The second kappa shape index (κ2) is 6.82. The van der Waals surface area contributed by atoms with Crippen LogP contribution in [0.4, 0.5) is 0 Å². The van der Waals surface area contributed by atoms with Gasteiger partial charge in [0.25, 0.3) is 5.91 Å². The molecule has 122 valence electrons. The molecule has 1 unspecified atom stereocenters. The lowest BCUT2D eigenvalue weighted by molar-refractivity contribution is -0.0268. The Balaban J connectivity index is 1.69. The number of carbonyl (C=O) groups excluding carboxylic acids is 1. The highest BCUT2D eigenvalue weighted by Crippen LogP contribution is 2.20. The number of aromatic nitrogens is 5. The van der Waals surface area contributed by atoms with Crippen LogP contribution in [0.1, 0.15) is 47.3 Å². The van der Waals surface area contributed by atoms with Crippen molar-refractivity contribution < 1.29 is 9.53 Å². The van der Waals surface area contributed by atoms with Crippen molar-refractivity contribution in [3.63, 3.8) is 0 Å². The molecule has 0 saturated carbocycles. The summed E-state index contributed by atoms with van der Waals surface area (Å²) in [5.74, 6) is 1.30. The van der Waals surface area contributed by atoms with E-state index in [9.17, 15) is 4.79 Å². The monoisotopic (exact) mass is 316 g/mol. The molecule has 1 amide bonds. The molecule has 0 radical (unpaired) electrons. The van der Waals surface area contributed by atoms with Crippen molar-refractivity contribution >= 4 is 5.91 Å². The van der Waals surface area contributed by atoms with Gasteiger partial charge in [0.15, 0.2) is 5.82 Å². The lowest BCUT2D eigenvalue weighted by Gasteiger charge is -2.31. The number of rotatable bonds is 4. The minimum absolute atomic E-state index is 0.143. The van der Waals surface area contributed by atoms with Gasteiger partial charge in [-0.1, -0.05) is 6.92 Å². The van der Waals surface area contributed by atoms with Crippen LogP contribution >= 0.6 is 0 Å². The largest absolute Gasteiger partial charge is 0.366 e. The fourth-order valence-corrected chi connectivity index (χ4v) is 2.46. The van der Waals surface area contributed by atoms with Crippen molar-refractivity contribution in [1.82, 2.24) is 30.0 Å². The molecular formula is C15H20N6O2. The standard InChI is InChI=1S/C15H20N6O2/c1-3-4-13-18-14(20-19-13)12-9-21(5-6-23-12)15(22)11-8-16-10(2)7-17-11/h7-8,12H,3-6,9H2,1-2H3,(H,18,19,20). The number of hydrogen-bond acceptors (Lipinski definition) is 6. The zero-order chi connectivity index (χ0) is 16.2. The third-order valence-corrected chi connectivity index (χ3v) is 3.68. The molecule has 1 atom stereocenters. The van der Waals surface area contributed by atoms with Gasteiger partial charge in [-0.3, -0.25) is 14.9 Å². The molecule has 3 rings (SSSR count). The highest BCUT2D eigenvalue weighted by molar-refractivity contribution is 5.92. The van der Waals surface area contributed by atoms with Crippen molar-refractivity contribution in [2.75, 3.05) is 19.7 Å². The average molecular weight is 316 g/mol. The minimum Gasteiger partial charge on any atom is -0.366 e. The molecule has 2 aromatic heterocycles. The summed E-state index contributed by atoms with van der Waals surface area (Å²) in [6, 6.07) is 0. The molecule has 0 bridgehead atoms. The maximum Gasteiger partial charge on any atom is 0.274 e. The highest BCUT2D eigenvalue weighted by Gasteiger charge is 2.29. The third kappa shape index (κ3) is 3.53. The molecule has 0 spiro atoms. The van der Waals surface area contributed by atoms with Gasteiger partial charge in [0, 0.05) is 19.2 Å². The Hall–Kier alpha value is -2.35. The van der Waals surface area contributed by atoms with E-state index >= 15 is 0 Å². The molecule has 23 heavy (non-hydrogen) atoms. The lowest BCUT2D eigenvalue weighted by atomic mass is 10.2. The number of nitrogens with zero attached hydrogens (tertiary/aromatic N) is 5. The van der Waals surface area contributed by atoms with Gasteiger partial charge < -0.3 is 9.64 Å². The Bertz CT molecular complexity index is 669. The molecule has 0 aliphatic carbocycles. The first kappa shape index (κ1) is 15.5.